The summed E-state index contributed by atoms with van der Waals surface area (Å²) in [4.78, 5) is 16.7. The Hall–Kier alpha value is -0.910. The van der Waals surface area contributed by atoms with Crippen LogP contribution in [-0.2, 0) is 14.4 Å². The van der Waals surface area contributed by atoms with Gasteiger partial charge in [0.25, 0.3) is 5.91 Å². The minimum absolute atomic E-state index is 0.172. The topological polar surface area (TPSA) is 59.6 Å². The van der Waals surface area contributed by atoms with E-state index in [1.54, 1.807) is 0 Å². The van der Waals surface area contributed by atoms with Gasteiger partial charge < -0.3 is 10.1 Å². The molecule has 5 heteroatoms. The highest BCUT2D eigenvalue weighted by atomic mass is 16.8. The molecular weight excluding hydrogens is 196 g/mol. The van der Waals surface area contributed by atoms with Gasteiger partial charge in [0.1, 0.15) is 0 Å². The molecule has 15 heavy (non-hydrogen) atoms. The summed E-state index contributed by atoms with van der Waals surface area (Å²) >= 11 is 0. The number of nitrogens with one attached hydrogen (secondary N) is 2. The number of rotatable bonds is 3. The highest BCUT2D eigenvalue weighted by Crippen LogP contribution is 2.12. The molecule has 0 aromatic heterocycles. The van der Waals surface area contributed by atoms with E-state index in [9.17, 15) is 4.79 Å². The van der Waals surface area contributed by atoms with E-state index < -0.39 is 0 Å². The minimum Gasteiger partial charge on any atom is -0.350 e. The summed E-state index contributed by atoms with van der Waals surface area (Å²) in [5.74, 6) is -0.172. The van der Waals surface area contributed by atoms with E-state index in [-0.39, 0.29) is 12.2 Å². The van der Waals surface area contributed by atoms with Gasteiger partial charge in [-0.3, -0.25) is 4.79 Å². The van der Waals surface area contributed by atoms with Crippen LogP contribution < -0.4 is 10.8 Å². The van der Waals surface area contributed by atoms with Gasteiger partial charge in [-0.15, -0.1) is 0 Å². The highest BCUT2D eigenvalue weighted by Gasteiger charge is 2.18. The normalized spacial score (nSPS) is 26.1. The number of hydrogen-bond donors (Lipinski definition) is 2. The highest BCUT2D eigenvalue weighted by molar-refractivity contribution is 5.93. The first-order valence-electron chi connectivity index (χ1n) is 5.33. The van der Waals surface area contributed by atoms with Crippen molar-refractivity contribution in [2.24, 2.45) is 0 Å². The molecule has 1 fully saturated rings. The lowest BCUT2D eigenvalue weighted by atomic mass is 10.2. The predicted octanol–water partition coefficient (Wildman–Crippen LogP) is 0.0904. The first-order chi connectivity index (χ1) is 7.36. The van der Waals surface area contributed by atoms with Crippen LogP contribution in [0.3, 0.4) is 0 Å². The van der Waals surface area contributed by atoms with Gasteiger partial charge >= 0.3 is 0 Å². The molecule has 1 atom stereocenters. The molecule has 2 aliphatic rings. The number of amides is 1. The van der Waals surface area contributed by atoms with Crippen LogP contribution in [0.25, 0.3) is 0 Å². The fraction of sp³-hybridized carbons (Fsp3) is 0.700. The van der Waals surface area contributed by atoms with Crippen molar-refractivity contribution in [3.8, 4) is 0 Å². The second kappa shape index (κ2) is 5.25. The molecule has 0 saturated carbocycles. The van der Waals surface area contributed by atoms with Gasteiger partial charge in [-0.25, -0.2) is 10.3 Å². The Bertz CT molecular complexity index is 259. The Kier molecular flexibility index (Phi) is 3.71. The van der Waals surface area contributed by atoms with Crippen LogP contribution in [0.5, 0.6) is 0 Å². The molecule has 0 aliphatic carbocycles. The average molecular weight is 212 g/mol. The summed E-state index contributed by atoms with van der Waals surface area (Å²) in [5.41, 5.74) is 3.15. The molecule has 0 spiro atoms. The van der Waals surface area contributed by atoms with Crippen molar-refractivity contribution in [2.45, 2.75) is 25.6 Å². The maximum Gasteiger partial charge on any atom is 0.271 e. The summed E-state index contributed by atoms with van der Waals surface area (Å²) in [6.45, 7) is 2.08. The maximum absolute atomic E-state index is 11.5. The molecule has 0 bridgehead atoms. The van der Waals surface area contributed by atoms with Crippen molar-refractivity contribution in [3.63, 3.8) is 0 Å². The van der Waals surface area contributed by atoms with Gasteiger partial charge in [0, 0.05) is 31.7 Å². The third-order valence-electron chi connectivity index (χ3n) is 2.52. The zero-order valence-electron chi connectivity index (χ0n) is 8.62. The van der Waals surface area contributed by atoms with Gasteiger partial charge in [0.05, 0.1) is 0 Å². The summed E-state index contributed by atoms with van der Waals surface area (Å²) in [6.07, 6.45) is 4.59. The summed E-state index contributed by atoms with van der Waals surface area (Å²) in [7, 11) is 0. The molecule has 0 aromatic carbocycles. The SMILES string of the molecule is O=C(NOC1CCCCO1)C1=CCNC1. The van der Waals surface area contributed by atoms with E-state index in [1.165, 1.54) is 0 Å². The smallest absolute Gasteiger partial charge is 0.271 e. The molecule has 2 rings (SSSR count). The van der Waals surface area contributed by atoms with Crippen molar-refractivity contribution >= 4 is 5.91 Å². The van der Waals surface area contributed by atoms with E-state index in [1.807, 2.05) is 6.08 Å². The van der Waals surface area contributed by atoms with E-state index in [0.29, 0.717) is 13.2 Å². The summed E-state index contributed by atoms with van der Waals surface area (Å²) in [5, 5.41) is 3.05. The van der Waals surface area contributed by atoms with E-state index in [2.05, 4.69) is 10.8 Å². The monoisotopic (exact) mass is 212 g/mol. The van der Waals surface area contributed by atoms with Crippen molar-refractivity contribution < 1.29 is 14.4 Å². The van der Waals surface area contributed by atoms with Crippen molar-refractivity contribution in [1.82, 2.24) is 10.8 Å². The molecule has 0 aromatic rings. The van der Waals surface area contributed by atoms with Gasteiger partial charge in [0.2, 0.25) is 0 Å². The van der Waals surface area contributed by atoms with Gasteiger partial charge in [-0.2, -0.15) is 0 Å². The Balaban J connectivity index is 1.70. The maximum atomic E-state index is 11.5. The van der Waals surface area contributed by atoms with Crippen LogP contribution in [0.15, 0.2) is 11.6 Å². The van der Waals surface area contributed by atoms with Crippen molar-refractivity contribution in [2.75, 3.05) is 19.7 Å². The van der Waals surface area contributed by atoms with Crippen molar-refractivity contribution in [1.29, 1.82) is 0 Å². The Morgan fingerprint density at radius 2 is 2.53 bits per heavy atom. The third-order valence-corrected chi connectivity index (χ3v) is 2.52. The zero-order valence-corrected chi connectivity index (χ0v) is 8.62. The van der Waals surface area contributed by atoms with Gasteiger partial charge in [0.15, 0.2) is 6.29 Å². The van der Waals surface area contributed by atoms with Gasteiger partial charge in [-0.05, 0) is 12.8 Å². The Morgan fingerprint density at radius 1 is 1.60 bits per heavy atom. The molecule has 1 unspecified atom stereocenters. The molecule has 1 saturated heterocycles. The summed E-state index contributed by atoms with van der Waals surface area (Å²) < 4.78 is 5.32. The number of carbonyl (C=O) groups is 1. The van der Waals surface area contributed by atoms with E-state index in [0.717, 1.165) is 31.4 Å². The van der Waals surface area contributed by atoms with E-state index >= 15 is 0 Å². The number of hydroxylamine groups is 1. The Labute approximate surface area is 88.8 Å². The molecule has 0 radical (unpaired) electrons. The second-order valence-corrected chi connectivity index (χ2v) is 3.71. The molecule has 2 aliphatic heterocycles. The largest absolute Gasteiger partial charge is 0.350 e. The molecule has 5 nitrogen and oxygen atoms in total. The van der Waals surface area contributed by atoms with Crippen LogP contribution in [0.4, 0.5) is 0 Å². The lowest BCUT2D eigenvalue weighted by molar-refractivity contribution is -0.198. The van der Waals surface area contributed by atoms with Crippen LogP contribution in [-0.4, -0.2) is 31.9 Å². The zero-order chi connectivity index (χ0) is 10.5. The number of hydrogen-bond acceptors (Lipinski definition) is 4. The van der Waals surface area contributed by atoms with Crippen LogP contribution in [0.2, 0.25) is 0 Å². The average Bonchev–Trinajstić information content (AvgIpc) is 2.81. The summed E-state index contributed by atoms with van der Waals surface area (Å²) in [6, 6.07) is 0. The fourth-order valence-electron chi connectivity index (χ4n) is 1.64. The number of carbonyl (C=O) groups excluding carboxylic acids is 1. The van der Waals surface area contributed by atoms with Crippen LogP contribution >= 0.6 is 0 Å². The lowest BCUT2D eigenvalue weighted by Gasteiger charge is -2.22. The number of ether oxygens (including phenoxy) is 1. The molecular formula is C10H16N2O3. The first kappa shape index (κ1) is 10.6. The standard InChI is InChI=1S/C10H16N2O3/c13-10(8-4-5-11-7-8)12-15-9-3-1-2-6-14-9/h4,9,11H,1-3,5-7H2,(H,12,13). The van der Waals surface area contributed by atoms with Crippen LogP contribution in [0, 0.1) is 0 Å². The quantitative estimate of drug-likeness (QED) is 0.651. The third kappa shape index (κ3) is 3.02. The predicted molar refractivity (Wildman–Crippen MR) is 53.8 cm³/mol. The molecule has 2 N–H and O–H groups in total. The fourth-order valence-corrected chi connectivity index (χ4v) is 1.64. The van der Waals surface area contributed by atoms with Crippen molar-refractivity contribution in [3.05, 3.63) is 11.6 Å². The van der Waals surface area contributed by atoms with Gasteiger partial charge in [-0.1, -0.05) is 6.08 Å². The molecule has 1 amide bonds. The second-order valence-electron chi connectivity index (χ2n) is 3.71. The first-order valence-corrected chi connectivity index (χ1v) is 5.33. The Morgan fingerprint density at radius 3 is 3.20 bits per heavy atom. The lowest BCUT2D eigenvalue weighted by Crippen LogP contribution is -2.34. The molecule has 2 heterocycles. The minimum atomic E-state index is -0.280. The van der Waals surface area contributed by atoms with Crippen LogP contribution in [0.1, 0.15) is 19.3 Å². The van der Waals surface area contributed by atoms with E-state index in [4.69, 9.17) is 9.57 Å². The molecule has 84 valence electrons.